The molecule has 1 aromatic heterocycles. The molecule has 0 saturated carbocycles. The number of urea groups is 1. The van der Waals surface area contributed by atoms with E-state index in [1.54, 1.807) is 24.3 Å². The third-order valence-corrected chi connectivity index (χ3v) is 4.62. The van der Waals surface area contributed by atoms with Crippen LogP contribution in [-0.4, -0.2) is 20.9 Å². The molecular weight excluding hydrogens is 444 g/mol. The summed E-state index contributed by atoms with van der Waals surface area (Å²) >= 11 is 11.9. The Hall–Kier alpha value is -2.75. The Labute approximate surface area is 179 Å². The van der Waals surface area contributed by atoms with E-state index in [0.29, 0.717) is 22.0 Å². The second-order valence-electron chi connectivity index (χ2n) is 6.18. The molecule has 0 aliphatic carbocycles. The van der Waals surface area contributed by atoms with E-state index in [1.807, 2.05) is 0 Å². The standard InChI is InChI=1S/C19H15Cl2F3N4O2/c20-12-2-1-3-14(6-12)28-15(8-17(27-28)19(22,23)24)9-25-18(30)26-13-5-4-11(10-29)16(21)7-13/h1-8,29H,9-10H2,(H2,25,26,30). The molecule has 0 fully saturated rings. The average Bonchev–Trinajstić information content (AvgIpc) is 3.11. The molecule has 2 amide bonds. The minimum absolute atomic E-state index is 0.105. The van der Waals surface area contributed by atoms with Crippen LogP contribution in [0.5, 0.6) is 0 Å². The average molecular weight is 459 g/mol. The predicted molar refractivity (Wildman–Crippen MR) is 107 cm³/mol. The van der Waals surface area contributed by atoms with Crippen LogP contribution in [-0.2, 0) is 19.3 Å². The van der Waals surface area contributed by atoms with Crippen LogP contribution in [0.1, 0.15) is 17.0 Å². The van der Waals surface area contributed by atoms with E-state index in [0.717, 1.165) is 10.7 Å². The fourth-order valence-corrected chi connectivity index (χ4v) is 3.04. The lowest BCUT2D eigenvalue weighted by Gasteiger charge is -2.11. The van der Waals surface area contributed by atoms with Gasteiger partial charge in [-0.25, -0.2) is 9.48 Å². The molecule has 2 aromatic carbocycles. The number of anilines is 1. The van der Waals surface area contributed by atoms with Crippen molar-refractivity contribution in [2.45, 2.75) is 19.3 Å². The number of amides is 2. The van der Waals surface area contributed by atoms with E-state index in [9.17, 15) is 18.0 Å². The maximum Gasteiger partial charge on any atom is 0.435 e. The molecule has 30 heavy (non-hydrogen) atoms. The quantitative estimate of drug-likeness (QED) is 0.502. The van der Waals surface area contributed by atoms with E-state index in [-0.39, 0.29) is 23.9 Å². The highest BCUT2D eigenvalue weighted by Crippen LogP contribution is 2.30. The molecule has 0 bridgehead atoms. The van der Waals surface area contributed by atoms with Crippen LogP contribution in [0, 0.1) is 0 Å². The van der Waals surface area contributed by atoms with Gasteiger partial charge in [-0.05, 0) is 42.0 Å². The summed E-state index contributed by atoms with van der Waals surface area (Å²) in [5.74, 6) is 0. The lowest BCUT2D eigenvalue weighted by Crippen LogP contribution is -2.29. The third kappa shape index (κ3) is 5.24. The number of aromatic nitrogens is 2. The minimum atomic E-state index is -4.65. The Balaban J connectivity index is 1.77. The summed E-state index contributed by atoms with van der Waals surface area (Å²) < 4.78 is 40.5. The van der Waals surface area contributed by atoms with Crippen LogP contribution in [0.25, 0.3) is 5.69 Å². The fraction of sp³-hybridized carbons (Fsp3) is 0.158. The summed E-state index contributed by atoms with van der Waals surface area (Å²) in [7, 11) is 0. The molecule has 3 rings (SSSR count). The molecule has 158 valence electrons. The zero-order chi connectivity index (χ0) is 21.9. The Bertz CT molecular complexity index is 1070. The number of rotatable bonds is 5. The summed E-state index contributed by atoms with van der Waals surface area (Å²) in [5.41, 5.74) is 0.183. The van der Waals surface area contributed by atoms with Gasteiger partial charge in [-0.1, -0.05) is 35.3 Å². The number of carbonyl (C=O) groups is 1. The van der Waals surface area contributed by atoms with Crippen LogP contribution in [0.4, 0.5) is 23.7 Å². The van der Waals surface area contributed by atoms with Crippen molar-refractivity contribution in [1.29, 1.82) is 0 Å². The highest BCUT2D eigenvalue weighted by molar-refractivity contribution is 6.31. The van der Waals surface area contributed by atoms with Gasteiger partial charge in [0, 0.05) is 15.7 Å². The summed E-state index contributed by atoms with van der Waals surface area (Å²) in [5, 5.41) is 18.3. The highest BCUT2D eigenvalue weighted by Gasteiger charge is 2.35. The van der Waals surface area contributed by atoms with Gasteiger partial charge < -0.3 is 15.7 Å². The van der Waals surface area contributed by atoms with E-state index < -0.39 is 17.9 Å². The maximum atomic E-state index is 13.1. The van der Waals surface area contributed by atoms with Gasteiger partial charge in [0.1, 0.15) is 0 Å². The smallest absolute Gasteiger partial charge is 0.392 e. The van der Waals surface area contributed by atoms with Crippen LogP contribution >= 0.6 is 23.2 Å². The molecule has 1 heterocycles. The monoisotopic (exact) mass is 458 g/mol. The van der Waals surface area contributed by atoms with E-state index in [1.165, 1.54) is 18.2 Å². The van der Waals surface area contributed by atoms with Gasteiger partial charge in [-0.2, -0.15) is 18.3 Å². The number of benzene rings is 2. The summed E-state index contributed by atoms with van der Waals surface area (Å²) in [6.45, 7) is -0.482. The van der Waals surface area contributed by atoms with Crippen LogP contribution < -0.4 is 10.6 Å². The Morgan fingerprint density at radius 2 is 1.90 bits per heavy atom. The molecule has 6 nitrogen and oxygen atoms in total. The third-order valence-electron chi connectivity index (χ3n) is 4.04. The minimum Gasteiger partial charge on any atom is -0.392 e. The summed E-state index contributed by atoms with van der Waals surface area (Å²) in [4.78, 5) is 12.2. The van der Waals surface area contributed by atoms with E-state index in [2.05, 4.69) is 15.7 Å². The first-order chi connectivity index (χ1) is 14.2. The van der Waals surface area contributed by atoms with Gasteiger partial charge in [0.15, 0.2) is 5.69 Å². The van der Waals surface area contributed by atoms with Gasteiger partial charge >= 0.3 is 12.2 Å². The molecule has 0 aliphatic rings. The number of carbonyl (C=O) groups excluding carboxylic acids is 1. The maximum absolute atomic E-state index is 13.1. The summed E-state index contributed by atoms with van der Waals surface area (Å²) in [6, 6.07) is 10.9. The molecule has 3 aromatic rings. The van der Waals surface area contributed by atoms with E-state index in [4.69, 9.17) is 28.3 Å². The van der Waals surface area contributed by atoms with Gasteiger partial charge in [-0.3, -0.25) is 0 Å². The zero-order valence-corrected chi connectivity index (χ0v) is 16.7. The number of hydrogen-bond donors (Lipinski definition) is 3. The van der Waals surface area contributed by atoms with Crippen LogP contribution in [0.15, 0.2) is 48.5 Å². The predicted octanol–water partition coefficient (Wildman–Crippen LogP) is 5.01. The van der Waals surface area contributed by atoms with E-state index >= 15 is 0 Å². The van der Waals surface area contributed by atoms with Crippen molar-refractivity contribution in [2.24, 2.45) is 0 Å². The first kappa shape index (κ1) is 21.9. The van der Waals surface area contributed by atoms with Gasteiger partial charge in [0.05, 0.1) is 24.5 Å². The number of nitrogens with zero attached hydrogens (tertiary/aromatic N) is 2. The molecule has 0 atom stereocenters. The number of alkyl halides is 3. The second kappa shape index (κ2) is 8.95. The molecule has 0 aliphatic heterocycles. The van der Waals surface area contributed by atoms with Gasteiger partial charge in [0.25, 0.3) is 0 Å². The summed E-state index contributed by atoms with van der Waals surface area (Å²) in [6.07, 6.45) is -4.65. The van der Waals surface area contributed by atoms with Gasteiger partial charge in [-0.15, -0.1) is 0 Å². The SMILES string of the molecule is O=C(NCc1cc(C(F)(F)F)nn1-c1cccc(Cl)c1)Nc1ccc(CO)c(Cl)c1. The Morgan fingerprint density at radius 1 is 1.13 bits per heavy atom. The topological polar surface area (TPSA) is 79.2 Å². The lowest BCUT2D eigenvalue weighted by atomic mass is 10.2. The van der Waals surface area contributed by atoms with Crippen molar-refractivity contribution < 1.29 is 23.1 Å². The molecule has 11 heteroatoms. The zero-order valence-electron chi connectivity index (χ0n) is 15.2. The van der Waals surface area contributed by atoms with Gasteiger partial charge in [0.2, 0.25) is 0 Å². The van der Waals surface area contributed by atoms with Crippen molar-refractivity contribution in [2.75, 3.05) is 5.32 Å². The van der Waals surface area contributed by atoms with Crippen LogP contribution in [0.2, 0.25) is 10.0 Å². The first-order valence-electron chi connectivity index (χ1n) is 8.53. The van der Waals surface area contributed by atoms with Crippen molar-refractivity contribution in [3.63, 3.8) is 0 Å². The largest absolute Gasteiger partial charge is 0.435 e. The molecule has 0 unspecified atom stereocenters. The normalized spacial score (nSPS) is 11.4. The van der Waals surface area contributed by atoms with Crippen molar-refractivity contribution >= 4 is 34.9 Å². The van der Waals surface area contributed by atoms with Crippen molar-refractivity contribution in [3.8, 4) is 5.69 Å². The van der Waals surface area contributed by atoms with Crippen LogP contribution in [0.3, 0.4) is 0 Å². The molecule has 0 radical (unpaired) electrons. The number of aliphatic hydroxyl groups excluding tert-OH is 1. The van der Waals surface area contributed by atoms with Crippen molar-refractivity contribution in [3.05, 3.63) is 75.5 Å². The Morgan fingerprint density at radius 3 is 2.53 bits per heavy atom. The highest BCUT2D eigenvalue weighted by atomic mass is 35.5. The lowest BCUT2D eigenvalue weighted by molar-refractivity contribution is -0.141. The number of hydrogen-bond acceptors (Lipinski definition) is 3. The Kier molecular flexibility index (Phi) is 6.55. The van der Waals surface area contributed by atoms with Crippen molar-refractivity contribution in [1.82, 2.24) is 15.1 Å². The number of aliphatic hydroxyl groups is 1. The molecular formula is C19H15Cl2F3N4O2. The first-order valence-corrected chi connectivity index (χ1v) is 9.29. The molecule has 0 saturated heterocycles. The second-order valence-corrected chi connectivity index (χ2v) is 7.03. The number of halogens is 5. The molecule has 0 spiro atoms. The fourth-order valence-electron chi connectivity index (χ4n) is 2.62. The number of nitrogens with one attached hydrogen (secondary N) is 2. The molecule has 3 N–H and O–H groups in total.